The molecule has 0 unspecified atom stereocenters. The number of pyridine rings is 2. The van der Waals surface area contributed by atoms with Crippen LogP contribution in [0.1, 0.15) is 5.69 Å². The number of nitrogens with zero attached hydrogens (tertiary/aromatic N) is 2. The molecule has 4 rings (SSSR count). The van der Waals surface area contributed by atoms with E-state index in [-0.39, 0.29) is 0 Å². The Morgan fingerprint density at radius 1 is 0.952 bits per heavy atom. The third-order valence-corrected chi connectivity index (χ3v) is 3.83. The molecular weight excluding hydrogens is 260 g/mol. The van der Waals surface area contributed by atoms with Gasteiger partial charge in [-0.15, -0.1) is 0 Å². The molecule has 3 aromatic heterocycles. The van der Waals surface area contributed by atoms with Crippen molar-refractivity contribution in [1.82, 2.24) is 4.98 Å². The average molecular weight is 275 g/mol. The summed E-state index contributed by atoms with van der Waals surface area (Å²) in [5.74, 6) is 0. The Kier molecular flexibility index (Phi) is 2.54. The van der Waals surface area contributed by atoms with Crippen LogP contribution in [-0.4, -0.2) is 4.98 Å². The normalized spacial score (nSPS) is 11.3. The highest BCUT2D eigenvalue weighted by Crippen LogP contribution is 2.33. The monoisotopic (exact) mass is 275 g/mol. The molecule has 1 aromatic carbocycles. The highest BCUT2D eigenvalue weighted by molar-refractivity contribution is 6.08. The topological polar surface area (TPSA) is 29.9 Å². The van der Waals surface area contributed by atoms with Gasteiger partial charge in [0.1, 0.15) is 7.05 Å². The van der Waals surface area contributed by atoms with Crippen LogP contribution < -0.4 is 4.57 Å². The van der Waals surface area contributed by atoms with Crippen LogP contribution in [0.3, 0.4) is 0 Å². The first kappa shape index (κ1) is 12.1. The zero-order valence-corrected chi connectivity index (χ0v) is 12.0. The third kappa shape index (κ3) is 1.82. The van der Waals surface area contributed by atoms with Gasteiger partial charge in [-0.3, -0.25) is 0 Å². The number of hydrogen-bond acceptors (Lipinski definition) is 2. The van der Waals surface area contributed by atoms with Crippen molar-refractivity contribution >= 4 is 22.1 Å². The predicted octanol–water partition coefficient (Wildman–Crippen LogP) is 3.78. The smallest absolute Gasteiger partial charge is 0.227 e. The summed E-state index contributed by atoms with van der Waals surface area (Å²) < 4.78 is 8.15. The van der Waals surface area contributed by atoms with Crippen molar-refractivity contribution < 1.29 is 8.98 Å². The van der Waals surface area contributed by atoms with Gasteiger partial charge in [-0.05, 0) is 31.2 Å². The van der Waals surface area contributed by atoms with Crippen molar-refractivity contribution in [1.29, 1.82) is 0 Å². The molecule has 0 atom stereocenters. The van der Waals surface area contributed by atoms with Gasteiger partial charge in [0.2, 0.25) is 11.4 Å². The fraction of sp³-hybridized carbons (Fsp3) is 0.111. The molecule has 21 heavy (non-hydrogen) atoms. The van der Waals surface area contributed by atoms with E-state index in [4.69, 9.17) is 4.42 Å². The molecule has 0 radical (unpaired) electrons. The van der Waals surface area contributed by atoms with Gasteiger partial charge in [-0.2, -0.15) is 0 Å². The van der Waals surface area contributed by atoms with Gasteiger partial charge in [-0.25, -0.2) is 9.55 Å². The number of rotatable bonds is 1. The van der Waals surface area contributed by atoms with Crippen molar-refractivity contribution in [3.63, 3.8) is 0 Å². The second-order valence-electron chi connectivity index (χ2n) is 5.29. The molecule has 0 bridgehead atoms. The van der Waals surface area contributed by atoms with Crippen molar-refractivity contribution in [2.24, 2.45) is 7.05 Å². The van der Waals surface area contributed by atoms with Crippen molar-refractivity contribution in [2.45, 2.75) is 6.92 Å². The molecule has 3 heteroatoms. The summed E-state index contributed by atoms with van der Waals surface area (Å²) in [4.78, 5) is 4.50. The Hall–Kier alpha value is -2.68. The van der Waals surface area contributed by atoms with E-state index < -0.39 is 0 Å². The maximum atomic E-state index is 6.05. The second-order valence-corrected chi connectivity index (χ2v) is 5.29. The SMILES string of the molecule is Cc1ccc2c(n1)oc1c(-c3cccc[n+]3C)cccc12. The molecule has 0 fully saturated rings. The molecule has 0 amide bonds. The number of aryl methyl sites for hydroxylation is 2. The minimum absolute atomic E-state index is 0.705. The molecule has 102 valence electrons. The van der Waals surface area contributed by atoms with Crippen LogP contribution in [0.2, 0.25) is 0 Å². The van der Waals surface area contributed by atoms with E-state index >= 15 is 0 Å². The van der Waals surface area contributed by atoms with E-state index in [0.717, 1.165) is 33.3 Å². The average Bonchev–Trinajstić information content (AvgIpc) is 2.85. The molecule has 0 saturated heterocycles. The zero-order chi connectivity index (χ0) is 14.4. The van der Waals surface area contributed by atoms with E-state index in [9.17, 15) is 0 Å². The van der Waals surface area contributed by atoms with Crippen LogP contribution >= 0.6 is 0 Å². The van der Waals surface area contributed by atoms with Crippen LogP contribution in [0.4, 0.5) is 0 Å². The Bertz CT molecular complexity index is 969. The number of hydrogen-bond donors (Lipinski definition) is 0. The molecule has 0 aliphatic carbocycles. The van der Waals surface area contributed by atoms with Crippen LogP contribution in [0.15, 0.2) is 59.1 Å². The van der Waals surface area contributed by atoms with Gasteiger partial charge >= 0.3 is 0 Å². The van der Waals surface area contributed by atoms with Gasteiger partial charge in [0.15, 0.2) is 11.8 Å². The molecular formula is C18H15N2O+. The molecule has 3 nitrogen and oxygen atoms in total. The summed E-state index contributed by atoms with van der Waals surface area (Å²) in [5.41, 5.74) is 4.78. The van der Waals surface area contributed by atoms with Crippen LogP contribution in [0.25, 0.3) is 33.3 Å². The second kappa shape index (κ2) is 4.42. The Morgan fingerprint density at radius 2 is 1.86 bits per heavy atom. The molecule has 3 heterocycles. The summed E-state index contributed by atoms with van der Waals surface area (Å²) in [6, 6.07) is 16.5. The van der Waals surface area contributed by atoms with Gasteiger partial charge in [-0.1, -0.05) is 12.1 Å². The minimum Gasteiger partial charge on any atom is -0.437 e. The van der Waals surface area contributed by atoms with E-state index in [2.05, 4.69) is 39.9 Å². The summed E-state index contributed by atoms with van der Waals surface area (Å²) in [5, 5.41) is 2.18. The lowest BCUT2D eigenvalue weighted by Gasteiger charge is -2.00. The van der Waals surface area contributed by atoms with Gasteiger partial charge in [0, 0.05) is 28.6 Å². The van der Waals surface area contributed by atoms with E-state index in [1.807, 2.05) is 38.4 Å². The van der Waals surface area contributed by atoms with Crippen LogP contribution in [0, 0.1) is 6.92 Å². The maximum absolute atomic E-state index is 6.05. The van der Waals surface area contributed by atoms with Crippen molar-refractivity contribution in [3.05, 3.63) is 60.4 Å². The largest absolute Gasteiger partial charge is 0.437 e. The predicted molar refractivity (Wildman–Crippen MR) is 82.9 cm³/mol. The molecule has 4 aromatic rings. The van der Waals surface area contributed by atoms with Crippen LogP contribution in [-0.2, 0) is 7.05 Å². The summed E-state index contributed by atoms with van der Waals surface area (Å²) >= 11 is 0. The maximum Gasteiger partial charge on any atom is 0.227 e. The Labute approximate surface area is 122 Å². The van der Waals surface area contributed by atoms with E-state index in [1.165, 1.54) is 0 Å². The number of fused-ring (bicyclic) bond motifs is 3. The molecule has 0 saturated carbocycles. The minimum atomic E-state index is 0.705. The number of aromatic nitrogens is 2. The first-order chi connectivity index (χ1) is 10.2. The highest BCUT2D eigenvalue weighted by Gasteiger charge is 2.17. The summed E-state index contributed by atoms with van der Waals surface area (Å²) in [6.45, 7) is 1.98. The lowest BCUT2D eigenvalue weighted by atomic mass is 10.1. The van der Waals surface area contributed by atoms with Crippen molar-refractivity contribution in [3.8, 4) is 11.3 Å². The van der Waals surface area contributed by atoms with Crippen LogP contribution in [0.5, 0.6) is 0 Å². The highest BCUT2D eigenvalue weighted by atomic mass is 16.3. The quantitative estimate of drug-likeness (QED) is 0.495. The standard InChI is InChI=1S/C18H15N2O/c1-12-9-10-14-13-6-5-7-15(17(13)21-18(14)19-12)16-8-3-4-11-20(16)2/h3-11H,1-2H3/q+1. The zero-order valence-electron chi connectivity index (χ0n) is 12.0. The van der Waals surface area contributed by atoms with Gasteiger partial charge in [0.25, 0.3) is 0 Å². The van der Waals surface area contributed by atoms with Gasteiger partial charge in [0.05, 0.1) is 5.56 Å². The first-order valence-electron chi connectivity index (χ1n) is 6.98. The first-order valence-corrected chi connectivity index (χ1v) is 6.98. The molecule has 0 aliphatic rings. The summed E-state index contributed by atoms with van der Waals surface area (Å²) in [7, 11) is 2.04. The Balaban J connectivity index is 2.11. The third-order valence-electron chi connectivity index (χ3n) is 3.83. The number of para-hydroxylation sites is 1. The summed E-state index contributed by atoms with van der Waals surface area (Å²) in [6.07, 6.45) is 2.04. The fourth-order valence-electron chi connectivity index (χ4n) is 2.78. The number of furan rings is 1. The van der Waals surface area contributed by atoms with E-state index in [1.54, 1.807) is 0 Å². The molecule has 0 spiro atoms. The molecule has 0 N–H and O–H groups in total. The van der Waals surface area contributed by atoms with Crippen molar-refractivity contribution in [2.75, 3.05) is 0 Å². The van der Waals surface area contributed by atoms with E-state index in [0.29, 0.717) is 5.71 Å². The Morgan fingerprint density at radius 3 is 2.71 bits per heavy atom. The fourth-order valence-corrected chi connectivity index (χ4v) is 2.78. The number of benzene rings is 1. The lowest BCUT2D eigenvalue weighted by molar-refractivity contribution is -0.660. The lowest BCUT2D eigenvalue weighted by Crippen LogP contribution is -2.29. The molecule has 0 aliphatic heterocycles. The van der Waals surface area contributed by atoms with Gasteiger partial charge < -0.3 is 4.42 Å².